The Labute approximate surface area is 172 Å². The Morgan fingerprint density at radius 1 is 1.07 bits per heavy atom. The molecule has 5 aromatic rings. The number of hydrogen-bond donors (Lipinski definition) is 3. The van der Waals surface area contributed by atoms with Crippen molar-refractivity contribution < 1.29 is 4.42 Å². The van der Waals surface area contributed by atoms with E-state index in [1.807, 2.05) is 42.6 Å². The number of aromatic amines is 2. The van der Waals surface area contributed by atoms with Crippen LogP contribution in [0.4, 0.5) is 5.82 Å². The van der Waals surface area contributed by atoms with Crippen molar-refractivity contribution in [2.45, 2.75) is 18.4 Å². The molecule has 1 aromatic carbocycles. The molecule has 4 aromatic heterocycles. The lowest BCUT2D eigenvalue weighted by Crippen LogP contribution is -2.49. The van der Waals surface area contributed by atoms with Crippen LogP contribution in [0.15, 0.2) is 59.6 Å². The van der Waals surface area contributed by atoms with Crippen LogP contribution in [0, 0.1) is 0 Å². The first-order valence-corrected chi connectivity index (χ1v) is 10.1. The molecular formula is C22H21N7O. The minimum Gasteiger partial charge on any atom is -0.464 e. The molecule has 0 spiro atoms. The maximum absolute atomic E-state index is 6.86. The van der Waals surface area contributed by atoms with Crippen LogP contribution in [0.2, 0.25) is 0 Å². The van der Waals surface area contributed by atoms with Crippen LogP contribution >= 0.6 is 0 Å². The number of nitrogens with one attached hydrogen (secondary N) is 2. The molecule has 0 saturated carbocycles. The summed E-state index contributed by atoms with van der Waals surface area (Å²) in [7, 11) is 0. The van der Waals surface area contributed by atoms with E-state index in [-0.39, 0.29) is 0 Å². The number of furan rings is 1. The van der Waals surface area contributed by atoms with Crippen molar-refractivity contribution in [2.24, 2.45) is 5.73 Å². The summed E-state index contributed by atoms with van der Waals surface area (Å²) in [6.07, 6.45) is 6.73. The summed E-state index contributed by atoms with van der Waals surface area (Å²) in [5, 5.41) is 1.04. The van der Waals surface area contributed by atoms with Gasteiger partial charge in [0.15, 0.2) is 0 Å². The third kappa shape index (κ3) is 2.61. The Hall–Kier alpha value is -3.65. The van der Waals surface area contributed by atoms with Crippen molar-refractivity contribution >= 4 is 27.9 Å². The third-order valence-electron chi connectivity index (χ3n) is 6.06. The van der Waals surface area contributed by atoms with E-state index in [4.69, 9.17) is 15.1 Å². The smallest absolute Gasteiger partial charge is 0.142 e. The van der Waals surface area contributed by atoms with Gasteiger partial charge in [-0.1, -0.05) is 6.07 Å². The van der Waals surface area contributed by atoms with Gasteiger partial charge in [-0.05, 0) is 43.2 Å². The zero-order valence-electron chi connectivity index (χ0n) is 16.3. The monoisotopic (exact) mass is 399 g/mol. The zero-order valence-corrected chi connectivity index (χ0v) is 16.3. The summed E-state index contributed by atoms with van der Waals surface area (Å²) >= 11 is 0. The van der Waals surface area contributed by atoms with Gasteiger partial charge in [-0.15, -0.1) is 0 Å². The van der Waals surface area contributed by atoms with Gasteiger partial charge in [0.05, 0.1) is 28.2 Å². The number of anilines is 1. The highest BCUT2D eigenvalue weighted by Gasteiger charge is 2.36. The Morgan fingerprint density at radius 3 is 2.80 bits per heavy atom. The molecule has 0 radical (unpaired) electrons. The number of hydrogen-bond acceptors (Lipinski definition) is 6. The molecule has 0 aliphatic carbocycles. The zero-order chi connectivity index (χ0) is 20.1. The molecule has 150 valence electrons. The van der Waals surface area contributed by atoms with Crippen LogP contribution in [0.1, 0.15) is 18.7 Å². The van der Waals surface area contributed by atoms with Crippen LogP contribution in [0.25, 0.3) is 33.4 Å². The molecule has 0 amide bonds. The van der Waals surface area contributed by atoms with E-state index >= 15 is 0 Å². The lowest BCUT2D eigenvalue weighted by atomic mass is 9.88. The maximum atomic E-state index is 6.86. The molecule has 8 nitrogen and oxygen atoms in total. The molecule has 1 saturated heterocycles. The van der Waals surface area contributed by atoms with E-state index in [0.717, 1.165) is 71.0 Å². The Morgan fingerprint density at radius 2 is 1.97 bits per heavy atom. The van der Waals surface area contributed by atoms with Crippen LogP contribution in [-0.2, 0) is 5.54 Å². The van der Waals surface area contributed by atoms with Crippen LogP contribution in [0.5, 0.6) is 0 Å². The van der Waals surface area contributed by atoms with Gasteiger partial charge in [-0.2, -0.15) is 0 Å². The van der Waals surface area contributed by atoms with E-state index in [2.05, 4.69) is 24.8 Å². The number of aromatic nitrogens is 5. The Balaban J connectivity index is 1.31. The van der Waals surface area contributed by atoms with E-state index in [0.29, 0.717) is 0 Å². The SMILES string of the molecule is NC1(c2nc3c(-c4ccco4)cccc3[nH]2)CCN(c2ncnc3[nH]ccc23)CC1. The molecule has 5 heterocycles. The first-order chi connectivity index (χ1) is 14.7. The first kappa shape index (κ1) is 17.2. The lowest BCUT2D eigenvalue weighted by Gasteiger charge is -2.38. The summed E-state index contributed by atoms with van der Waals surface area (Å²) in [6, 6.07) is 11.9. The molecule has 1 fully saturated rings. The number of imidazole rings is 1. The molecular weight excluding hydrogens is 378 g/mol. The highest BCUT2D eigenvalue weighted by Crippen LogP contribution is 2.35. The van der Waals surface area contributed by atoms with Gasteiger partial charge < -0.3 is 25.0 Å². The van der Waals surface area contributed by atoms with Crippen molar-refractivity contribution in [3.05, 3.63) is 61.0 Å². The molecule has 0 bridgehead atoms. The minimum atomic E-state index is -0.514. The normalized spacial score (nSPS) is 16.5. The second kappa shape index (κ2) is 6.43. The molecule has 0 unspecified atom stereocenters. The van der Waals surface area contributed by atoms with Gasteiger partial charge in [0.1, 0.15) is 29.4 Å². The van der Waals surface area contributed by atoms with Crippen molar-refractivity contribution in [1.82, 2.24) is 24.9 Å². The quantitative estimate of drug-likeness (QED) is 0.428. The minimum absolute atomic E-state index is 0.514. The summed E-state index contributed by atoms with van der Waals surface area (Å²) in [5.41, 5.74) is 10.0. The number of fused-ring (bicyclic) bond motifs is 2. The fourth-order valence-corrected chi connectivity index (χ4v) is 4.36. The highest BCUT2D eigenvalue weighted by molar-refractivity contribution is 5.90. The van der Waals surface area contributed by atoms with Gasteiger partial charge in [-0.25, -0.2) is 15.0 Å². The number of nitrogens with two attached hydrogens (primary N) is 1. The van der Waals surface area contributed by atoms with Gasteiger partial charge >= 0.3 is 0 Å². The maximum Gasteiger partial charge on any atom is 0.142 e. The predicted molar refractivity (Wildman–Crippen MR) is 115 cm³/mol. The number of rotatable bonds is 3. The first-order valence-electron chi connectivity index (χ1n) is 10.1. The van der Waals surface area contributed by atoms with Crippen molar-refractivity contribution in [3.8, 4) is 11.3 Å². The Kier molecular flexibility index (Phi) is 3.69. The van der Waals surface area contributed by atoms with E-state index in [9.17, 15) is 0 Å². The summed E-state index contributed by atoms with van der Waals surface area (Å²) in [4.78, 5) is 22.6. The van der Waals surface area contributed by atoms with Gasteiger partial charge in [0, 0.05) is 24.8 Å². The molecule has 30 heavy (non-hydrogen) atoms. The molecule has 1 aliphatic rings. The predicted octanol–water partition coefficient (Wildman–Crippen LogP) is 3.55. The highest BCUT2D eigenvalue weighted by atomic mass is 16.3. The van der Waals surface area contributed by atoms with Crippen LogP contribution in [0.3, 0.4) is 0 Å². The largest absolute Gasteiger partial charge is 0.464 e. The van der Waals surface area contributed by atoms with E-state index in [1.54, 1.807) is 12.6 Å². The van der Waals surface area contributed by atoms with Gasteiger partial charge in [0.2, 0.25) is 0 Å². The molecule has 4 N–H and O–H groups in total. The number of nitrogens with zero attached hydrogens (tertiary/aromatic N) is 4. The van der Waals surface area contributed by atoms with Gasteiger partial charge in [0.25, 0.3) is 0 Å². The van der Waals surface area contributed by atoms with Crippen molar-refractivity contribution in [2.75, 3.05) is 18.0 Å². The number of benzene rings is 1. The summed E-state index contributed by atoms with van der Waals surface area (Å²) < 4.78 is 5.59. The Bertz CT molecular complexity index is 1330. The average Bonchev–Trinajstić information content (AvgIpc) is 3.54. The standard InChI is InChI=1S/C22H21N7O/c23-22(7-10-29(11-8-22)20-15-6-9-24-19(15)25-13-26-20)21-27-16-4-1-3-14(18(16)28-21)17-5-2-12-30-17/h1-6,9,12-13H,7-8,10-11,23H2,(H,27,28)(H,24,25,26). The fraction of sp³-hybridized carbons (Fsp3) is 0.227. The summed E-state index contributed by atoms with van der Waals surface area (Å²) in [5.74, 6) is 2.58. The molecule has 0 atom stereocenters. The second-order valence-corrected chi connectivity index (χ2v) is 7.84. The average molecular weight is 399 g/mol. The fourth-order valence-electron chi connectivity index (χ4n) is 4.36. The molecule has 6 rings (SSSR count). The van der Waals surface area contributed by atoms with Crippen molar-refractivity contribution in [3.63, 3.8) is 0 Å². The lowest BCUT2D eigenvalue weighted by molar-refractivity contribution is 0.327. The number of para-hydroxylation sites is 1. The molecule has 1 aliphatic heterocycles. The topological polar surface area (TPSA) is 113 Å². The number of H-pyrrole nitrogens is 2. The van der Waals surface area contributed by atoms with Crippen LogP contribution < -0.4 is 10.6 Å². The van der Waals surface area contributed by atoms with Gasteiger partial charge in [-0.3, -0.25) is 0 Å². The third-order valence-corrected chi connectivity index (χ3v) is 6.06. The van der Waals surface area contributed by atoms with E-state index in [1.165, 1.54) is 0 Å². The van der Waals surface area contributed by atoms with Crippen molar-refractivity contribution in [1.29, 1.82) is 0 Å². The number of piperidine rings is 1. The van der Waals surface area contributed by atoms with Crippen LogP contribution in [-0.4, -0.2) is 38.0 Å². The van der Waals surface area contributed by atoms with E-state index < -0.39 is 5.54 Å². The molecule has 8 heteroatoms. The second-order valence-electron chi connectivity index (χ2n) is 7.84. The summed E-state index contributed by atoms with van der Waals surface area (Å²) in [6.45, 7) is 1.60.